The van der Waals surface area contributed by atoms with E-state index in [1.807, 2.05) is 0 Å². The Morgan fingerprint density at radius 1 is 0.483 bits per heavy atom. The van der Waals surface area contributed by atoms with Crippen molar-refractivity contribution in [3.63, 3.8) is 0 Å². The molecule has 0 saturated carbocycles. The van der Waals surface area contributed by atoms with Crippen LogP contribution in [0.25, 0.3) is 0 Å². The normalized spacial score (nSPS) is 17.1. The van der Waals surface area contributed by atoms with Crippen LogP contribution >= 0.6 is 7.94 Å². The average molecular weight is 434 g/mol. The molecule has 0 aliphatic carbocycles. The quantitative estimate of drug-likeness (QED) is 0.133. The van der Waals surface area contributed by atoms with Crippen molar-refractivity contribution in [2.24, 2.45) is 0 Å². The van der Waals surface area contributed by atoms with Crippen molar-refractivity contribution >= 4 is 7.94 Å². The molecule has 0 amide bonds. The summed E-state index contributed by atoms with van der Waals surface area (Å²) < 4.78 is 19.4. The van der Waals surface area contributed by atoms with Gasteiger partial charge in [0.2, 0.25) is 0 Å². The van der Waals surface area contributed by atoms with Gasteiger partial charge in [-0.05, 0) is 40.0 Å². The summed E-state index contributed by atoms with van der Waals surface area (Å²) in [5.41, 5.74) is 0. The fourth-order valence-electron chi connectivity index (χ4n) is 3.79. The number of unbranched alkanes of at least 4 members (excludes halogenated alkanes) is 9. The van der Waals surface area contributed by atoms with Gasteiger partial charge in [0.25, 0.3) is 0 Å². The Labute approximate surface area is 184 Å². The van der Waals surface area contributed by atoms with Gasteiger partial charge in [0.1, 0.15) is 25.0 Å². The van der Waals surface area contributed by atoms with Crippen LogP contribution in [0.5, 0.6) is 0 Å². The first-order valence-electron chi connectivity index (χ1n) is 12.8. The third-order valence-electron chi connectivity index (χ3n) is 5.51. The van der Waals surface area contributed by atoms with Crippen LogP contribution in [0.15, 0.2) is 0 Å². The van der Waals surface area contributed by atoms with Crippen LogP contribution in [0.1, 0.15) is 138 Å². The van der Waals surface area contributed by atoms with E-state index in [0.29, 0.717) is 0 Å². The van der Waals surface area contributed by atoms with E-state index in [0.717, 1.165) is 19.3 Å². The second-order valence-corrected chi connectivity index (χ2v) is 11.2. The maximum atomic E-state index is 6.48. The molecule has 0 spiro atoms. The molecular weight excluding hydrogens is 379 g/mol. The summed E-state index contributed by atoms with van der Waals surface area (Å²) in [6, 6.07) is 0. The zero-order valence-corrected chi connectivity index (χ0v) is 21.9. The van der Waals surface area contributed by atoms with Gasteiger partial charge in [0.05, 0.1) is 0 Å². The monoisotopic (exact) mass is 433 g/mol. The molecule has 0 aliphatic heterocycles. The molecule has 3 unspecified atom stereocenters. The molecule has 0 aromatic rings. The minimum Gasteiger partial charge on any atom is -0.175 e. The lowest BCUT2D eigenvalue weighted by molar-refractivity contribution is 0.0546. The third-order valence-corrected chi connectivity index (χ3v) is 7.74. The van der Waals surface area contributed by atoms with Crippen LogP contribution in [0.4, 0.5) is 0 Å². The van der Waals surface area contributed by atoms with E-state index >= 15 is 0 Å². The van der Waals surface area contributed by atoms with Gasteiger partial charge in [0.15, 0.2) is 0 Å². The highest BCUT2D eigenvalue weighted by molar-refractivity contribution is 7.60. The Morgan fingerprint density at radius 3 is 1.00 bits per heavy atom. The van der Waals surface area contributed by atoms with Gasteiger partial charge in [-0.15, -0.1) is 0 Å². The Hall–Kier alpha value is 0.310. The summed E-state index contributed by atoms with van der Waals surface area (Å²) in [4.78, 5) is 0. The molecule has 3 nitrogen and oxygen atoms in total. The molecule has 0 radical (unpaired) electrons. The van der Waals surface area contributed by atoms with Crippen molar-refractivity contribution in [3.05, 3.63) is 0 Å². The lowest BCUT2D eigenvalue weighted by Crippen LogP contribution is -2.21. The summed E-state index contributed by atoms with van der Waals surface area (Å²) in [6.07, 6.45) is 19.2. The molecule has 0 aromatic heterocycles. The molecule has 0 N–H and O–H groups in total. The number of rotatable bonds is 21. The molecule has 0 rings (SSSR count). The van der Waals surface area contributed by atoms with Crippen molar-refractivity contribution in [1.29, 1.82) is 0 Å². The van der Waals surface area contributed by atoms with E-state index in [2.05, 4.69) is 48.2 Å². The van der Waals surface area contributed by atoms with Gasteiger partial charge in [-0.2, -0.15) is 13.6 Å². The van der Waals surface area contributed by atoms with Crippen molar-refractivity contribution in [1.82, 2.24) is 0 Å². The van der Waals surface area contributed by atoms with E-state index < -0.39 is 7.94 Å². The maximum Gasteiger partial charge on any atom is 0.409 e. The van der Waals surface area contributed by atoms with Crippen molar-refractivity contribution < 1.29 is 13.6 Å². The summed E-state index contributed by atoms with van der Waals surface area (Å²) in [5.74, 6) is 0. The van der Waals surface area contributed by atoms with Crippen LogP contribution < -0.4 is 0 Å². The third kappa shape index (κ3) is 17.7. The molecule has 0 saturated heterocycles. The van der Waals surface area contributed by atoms with Crippen LogP contribution in [0.3, 0.4) is 0 Å². The molecule has 4 heteroatoms. The molecule has 0 bridgehead atoms. The van der Waals surface area contributed by atoms with E-state index in [1.165, 1.54) is 77.0 Å². The van der Waals surface area contributed by atoms with E-state index in [9.17, 15) is 0 Å². The maximum absolute atomic E-state index is 6.48. The predicted molar refractivity (Wildman–Crippen MR) is 131 cm³/mol. The molecule has 3 atom stereocenters. The summed E-state index contributed by atoms with van der Waals surface area (Å²) >= 11 is 0. The first-order chi connectivity index (χ1) is 13.9. The molecule has 0 aromatic carbocycles. The van der Waals surface area contributed by atoms with Crippen molar-refractivity contribution in [3.8, 4) is 0 Å². The average Bonchev–Trinajstić information content (AvgIpc) is 2.65. The minimum atomic E-state index is -2.30. The summed E-state index contributed by atoms with van der Waals surface area (Å²) in [5, 5.41) is 0. The van der Waals surface area contributed by atoms with Gasteiger partial charge in [-0.25, -0.2) is 0 Å². The minimum absolute atomic E-state index is 0.199. The van der Waals surface area contributed by atoms with Crippen molar-refractivity contribution in [2.75, 3.05) is 6.66 Å². The first-order valence-corrected chi connectivity index (χ1v) is 14.8. The zero-order chi connectivity index (χ0) is 22.0. The van der Waals surface area contributed by atoms with E-state index in [1.54, 1.807) is 0 Å². The predicted octanol–water partition coefficient (Wildman–Crippen LogP) is 9.51. The standard InChI is InChI=1S/C25H54O3P/c1-8-11-14-17-20-23(4)26-29(7,27-24(5)21-18-15-12-9-2)28-25(6)22-19-16-13-10-3/h23-25H,8-22H2,1-7H3/q+1. The largest absolute Gasteiger partial charge is 0.409 e. The smallest absolute Gasteiger partial charge is 0.175 e. The molecular formula is C25H54O3P+. The second-order valence-electron chi connectivity index (χ2n) is 9.07. The zero-order valence-electron chi connectivity index (χ0n) is 21.0. The Morgan fingerprint density at radius 2 is 0.759 bits per heavy atom. The molecule has 0 fully saturated rings. The van der Waals surface area contributed by atoms with Crippen LogP contribution in [-0.2, 0) is 13.6 Å². The fourth-order valence-corrected chi connectivity index (χ4v) is 6.22. The Bertz CT molecular complexity index is 301. The van der Waals surface area contributed by atoms with Gasteiger partial charge < -0.3 is 0 Å². The van der Waals surface area contributed by atoms with Crippen molar-refractivity contribution in [2.45, 2.75) is 156 Å². The first kappa shape index (κ1) is 29.3. The molecule has 29 heavy (non-hydrogen) atoms. The molecule has 176 valence electrons. The van der Waals surface area contributed by atoms with Gasteiger partial charge in [-0.3, -0.25) is 0 Å². The topological polar surface area (TPSA) is 27.7 Å². The Kier molecular flexibility index (Phi) is 19.2. The number of hydrogen-bond acceptors (Lipinski definition) is 3. The highest BCUT2D eigenvalue weighted by Gasteiger charge is 2.44. The van der Waals surface area contributed by atoms with E-state index in [-0.39, 0.29) is 18.3 Å². The van der Waals surface area contributed by atoms with E-state index in [4.69, 9.17) is 13.6 Å². The van der Waals surface area contributed by atoms with Gasteiger partial charge >= 0.3 is 7.94 Å². The highest BCUT2D eigenvalue weighted by atomic mass is 31.2. The second kappa shape index (κ2) is 19.0. The molecule has 0 heterocycles. The molecule has 0 aliphatic rings. The van der Waals surface area contributed by atoms with Gasteiger partial charge in [0, 0.05) is 0 Å². The van der Waals surface area contributed by atoms with Crippen LogP contribution in [-0.4, -0.2) is 25.0 Å². The van der Waals surface area contributed by atoms with Crippen LogP contribution in [0, 0.1) is 0 Å². The fraction of sp³-hybridized carbons (Fsp3) is 1.00. The van der Waals surface area contributed by atoms with Gasteiger partial charge in [-0.1, -0.05) is 97.8 Å². The number of hydrogen-bond donors (Lipinski definition) is 0. The summed E-state index contributed by atoms with van der Waals surface area (Å²) in [7, 11) is -2.30. The lowest BCUT2D eigenvalue weighted by Gasteiger charge is -2.27. The SMILES string of the molecule is CCCCCCC(C)O[P+](C)(OC(C)CCCCCC)OC(C)CCCCCC. The highest BCUT2D eigenvalue weighted by Crippen LogP contribution is 2.62. The van der Waals surface area contributed by atoms with Crippen LogP contribution in [0.2, 0.25) is 0 Å². The lowest BCUT2D eigenvalue weighted by atomic mass is 10.1. The summed E-state index contributed by atoms with van der Waals surface area (Å²) in [6.45, 7) is 15.4. The Balaban J connectivity index is 4.64.